The van der Waals surface area contributed by atoms with E-state index in [1.165, 1.54) is 0 Å². The average molecular weight is 665 g/mol. The summed E-state index contributed by atoms with van der Waals surface area (Å²) in [6, 6.07) is 60.2. The molecule has 0 saturated carbocycles. The van der Waals surface area contributed by atoms with Crippen LogP contribution in [0.5, 0.6) is 0 Å². The average Bonchev–Trinajstić information content (AvgIpc) is 3.74. The molecule has 0 saturated heterocycles. The summed E-state index contributed by atoms with van der Waals surface area (Å²) < 4.78 is 4.59. The third kappa shape index (κ3) is 4.61. The van der Waals surface area contributed by atoms with Crippen molar-refractivity contribution < 1.29 is 0 Å². The Labute approximate surface area is 299 Å². The highest BCUT2D eigenvalue weighted by atomic mass is 15.0. The maximum absolute atomic E-state index is 10.1. The minimum Gasteiger partial charge on any atom is -0.309 e. The second kappa shape index (κ2) is 11.9. The van der Waals surface area contributed by atoms with Crippen molar-refractivity contribution in [3.63, 3.8) is 0 Å². The van der Waals surface area contributed by atoms with Crippen LogP contribution in [0.25, 0.3) is 89.2 Å². The SMILES string of the molecule is N#Cc1ccccc1-n1c2ccccc2c2c1ccc1c3ccccc3n(-c3cccc(-c4nc(-c5ccccc5)nc(-c5ccccc5)n4)c3)c12. The third-order valence-corrected chi connectivity index (χ3v) is 9.80. The van der Waals surface area contributed by atoms with Gasteiger partial charge in [0.05, 0.1) is 33.3 Å². The summed E-state index contributed by atoms with van der Waals surface area (Å²) in [7, 11) is 0. The summed E-state index contributed by atoms with van der Waals surface area (Å²) in [5.41, 5.74) is 9.51. The zero-order chi connectivity index (χ0) is 34.6. The Morgan fingerprint density at radius 3 is 1.67 bits per heavy atom. The predicted octanol–water partition coefficient (Wildman–Crippen LogP) is 10.9. The molecule has 0 aliphatic rings. The van der Waals surface area contributed by atoms with Gasteiger partial charge in [0.2, 0.25) is 0 Å². The molecule has 52 heavy (non-hydrogen) atoms. The lowest BCUT2D eigenvalue weighted by Crippen LogP contribution is -2.01. The Balaban J connectivity index is 1.26. The largest absolute Gasteiger partial charge is 0.309 e. The molecule has 10 rings (SSSR count). The Morgan fingerprint density at radius 1 is 0.423 bits per heavy atom. The first-order chi connectivity index (χ1) is 25.8. The molecule has 0 fully saturated rings. The molecule has 6 nitrogen and oxygen atoms in total. The molecule has 242 valence electrons. The molecule has 0 amide bonds. The normalized spacial score (nSPS) is 11.4. The van der Waals surface area contributed by atoms with Crippen LogP contribution in [0.1, 0.15) is 5.56 Å². The van der Waals surface area contributed by atoms with E-state index in [-0.39, 0.29) is 0 Å². The van der Waals surface area contributed by atoms with Crippen LogP contribution in [-0.4, -0.2) is 24.1 Å². The molecule has 0 aliphatic heterocycles. The van der Waals surface area contributed by atoms with E-state index >= 15 is 0 Å². The summed E-state index contributed by atoms with van der Waals surface area (Å²) in [6.07, 6.45) is 0. The molecule has 0 bridgehead atoms. The van der Waals surface area contributed by atoms with Crippen molar-refractivity contribution in [2.45, 2.75) is 0 Å². The number of nitrogens with zero attached hydrogens (tertiary/aromatic N) is 6. The number of rotatable bonds is 5. The Hall–Kier alpha value is -7.36. The number of nitriles is 1. The number of aromatic nitrogens is 5. The quantitative estimate of drug-likeness (QED) is 0.184. The fourth-order valence-electron chi connectivity index (χ4n) is 7.52. The van der Waals surface area contributed by atoms with Crippen LogP contribution in [0.15, 0.2) is 170 Å². The van der Waals surface area contributed by atoms with E-state index in [1.54, 1.807) is 0 Å². The highest BCUT2D eigenvalue weighted by Crippen LogP contribution is 2.42. The molecule has 0 spiro atoms. The second-order valence-corrected chi connectivity index (χ2v) is 12.8. The summed E-state index contributed by atoms with van der Waals surface area (Å²) in [5.74, 6) is 1.85. The molecule has 3 heterocycles. The van der Waals surface area contributed by atoms with Crippen LogP contribution in [0.2, 0.25) is 0 Å². The molecule has 6 heteroatoms. The van der Waals surface area contributed by atoms with E-state index in [0.29, 0.717) is 23.0 Å². The van der Waals surface area contributed by atoms with Crippen LogP contribution in [0, 0.1) is 11.3 Å². The topological polar surface area (TPSA) is 72.3 Å². The number of para-hydroxylation sites is 3. The van der Waals surface area contributed by atoms with Crippen LogP contribution in [0.4, 0.5) is 0 Å². The van der Waals surface area contributed by atoms with Crippen LogP contribution in [0.3, 0.4) is 0 Å². The van der Waals surface area contributed by atoms with Crippen molar-refractivity contribution in [3.05, 3.63) is 175 Å². The summed E-state index contributed by atoms with van der Waals surface area (Å²) in [6.45, 7) is 0. The van der Waals surface area contributed by atoms with E-state index in [2.05, 4.69) is 100 Å². The van der Waals surface area contributed by atoms with Crippen molar-refractivity contribution in [1.29, 1.82) is 5.26 Å². The van der Waals surface area contributed by atoms with Gasteiger partial charge in [-0.25, -0.2) is 15.0 Å². The second-order valence-electron chi connectivity index (χ2n) is 12.8. The van der Waals surface area contributed by atoms with Gasteiger partial charge in [-0.15, -0.1) is 0 Å². The standard InChI is InChI=1S/C46H28N6/c47-29-33-18-7-10-23-38(33)52-40-25-12-9-22-37(40)42-41(52)27-26-36-35-21-8-11-24-39(35)51(43(36)42)34-20-13-19-32(28-34)46-49-44(30-14-3-1-4-15-30)48-45(50-46)31-16-5-2-6-17-31/h1-28H. The van der Waals surface area contributed by atoms with Gasteiger partial charge >= 0.3 is 0 Å². The molecular weight excluding hydrogens is 637 g/mol. The molecule has 3 aromatic heterocycles. The van der Waals surface area contributed by atoms with E-state index in [4.69, 9.17) is 15.0 Å². The molecule has 0 N–H and O–H groups in total. The van der Waals surface area contributed by atoms with Gasteiger partial charge in [0, 0.05) is 43.9 Å². The molecule has 0 unspecified atom stereocenters. The third-order valence-electron chi connectivity index (χ3n) is 9.80. The van der Waals surface area contributed by atoms with Crippen molar-refractivity contribution in [1.82, 2.24) is 24.1 Å². The van der Waals surface area contributed by atoms with Crippen LogP contribution < -0.4 is 0 Å². The first kappa shape index (κ1) is 29.5. The number of fused-ring (bicyclic) bond motifs is 7. The van der Waals surface area contributed by atoms with Gasteiger partial charge in [-0.2, -0.15) is 5.26 Å². The zero-order valence-corrected chi connectivity index (χ0v) is 27.8. The number of benzene rings is 7. The lowest BCUT2D eigenvalue weighted by molar-refractivity contribution is 1.07. The Morgan fingerprint density at radius 2 is 0.981 bits per heavy atom. The fraction of sp³-hybridized carbons (Fsp3) is 0. The first-order valence-electron chi connectivity index (χ1n) is 17.2. The van der Waals surface area contributed by atoms with E-state index in [1.807, 2.05) is 84.9 Å². The van der Waals surface area contributed by atoms with Gasteiger partial charge < -0.3 is 9.13 Å². The predicted molar refractivity (Wildman–Crippen MR) is 210 cm³/mol. The molecular formula is C46H28N6. The maximum Gasteiger partial charge on any atom is 0.164 e. The van der Waals surface area contributed by atoms with Gasteiger partial charge in [-0.05, 0) is 42.5 Å². The number of hydrogen-bond donors (Lipinski definition) is 0. The maximum atomic E-state index is 10.1. The highest BCUT2D eigenvalue weighted by molar-refractivity contribution is 6.26. The van der Waals surface area contributed by atoms with Crippen molar-refractivity contribution in [3.8, 4) is 51.6 Å². The molecule has 0 aliphatic carbocycles. The van der Waals surface area contributed by atoms with Crippen LogP contribution >= 0.6 is 0 Å². The lowest BCUT2D eigenvalue weighted by atomic mass is 10.1. The minimum absolute atomic E-state index is 0.602. The van der Waals surface area contributed by atoms with Gasteiger partial charge in [-0.1, -0.05) is 127 Å². The van der Waals surface area contributed by atoms with Crippen molar-refractivity contribution in [2.24, 2.45) is 0 Å². The first-order valence-corrected chi connectivity index (χ1v) is 17.2. The smallest absolute Gasteiger partial charge is 0.164 e. The molecule has 7 aromatic carbocycles. The highest BCUT2D eigenvalue weighted by Gasteiger charge is 2.22. The molecule has 0 radical (unpaired) electrons. The summed E-state index contributed by atoms with van der Waals surface area (Å²) >= 11 is 0. The van der Waals surface area contributed by atoms with E-state index < -0.39 is 0 Å². The van der Waals surface area contributed by atoms with Crippen LogP contribution in [-0.2, 0) is 0 Å². The lowest BCUT2D eigenvalue weighted by Gasteiger charge is -2.12. The van der Waals surface area contributed by atoms with Gasteiger partial charge in [0.1, 0.15) is 6.07 Å². The van der Waals surface area contributed by atoms with E-state index in [9.17, 15) is 5.26 Å². The van der Waals surface area contributed by atoms with Crippen molar-refractivity contribution in [2.75, 3.05) is 0 Å². The summed E-state index contributed by atoms with van der Waals surface area (Å²) in [4.78, 5) is 15.0. The van der Waals surface area contributed by atoms with Gasteiger partial charge in [0.15, 0.2) is 17.5 Å². The Bertz CT molecular complexity index is 2970. The molecule has 0 atom stereocenters. The fourth-order valence-corrected chi connectivity index (χ4v) is 7.52. The minimum atomic E-state index is 0.602. The zero-order valence-electron chi connectivity index (χ0n) is 27.8. The van der Waals surface area contributed by atoms with Crippen molar-refractivity contribution >= 4 is 43.6 Å². The number of hydrogen-bond acceptors (Lipinski definition) is 4. The molecule has 10 aromatic rings. The summed E-state index contributed by atoms with van der Waals surface area (Å²) in [5, 5.41) is 14.7. The van der Waals surface area contributed by atoms with Gasteiger partial charge in [0.25, 0.3) is 0 Å². The monoisotopic (exact) mass is 664 g/mol. The Kier molecular flexibility index (Phi) is 6.76. The van der Waals surface area contributed by atoms with Gasteiger partial charge in [-0.3, -0.25) is 0 Å². The van der Waals surface area contributed by atoms with E-state index in [0.717, 1.165) is 71.7 Å².